The Kier molecular flexibility index (Phi) is 3.13. The van der Waals surface area contributed by atoms with Gasteiger partial charge < -0.3 is 5.11 Å². The van der Waals surface area contributed by atoms with Gasteiger partial charge in [-0.15, -0.1) is 5.10 Å². The summed E-state index contributed by atoms with van der Waals surface area (Å²) >= 11 is 0. The molecule has 0 aliphatic carbocycles. The van der Waals surface area contributed by atoms with Crippen molar-refractivity contribution in [3.05, 3.63) is 41.5 Å². The molecule has 0 bridgehead atoms. The minimum absolute atomic E-state index is 0.0610. The molecule has 92 valence electrons. The molecule has 0 atom stereocenters. The van der Waals surface area contributed by atoms with Crippen LogP contribution in [-0.2, 0) is 11.8 Å². The number of aryl methyl sites for hydroxylation is 1. The molecule has 2 rings (SSSR count). The fourth-order valence-corrected chi connectivity index (χ4v) is 1.41. The minimum Gasteiger partial charge on any atom is -0.478 e. The Balaban J connectivity index is 2.46. The number of carboxylic acids is 1. The number of halogens is 1. The Hall–Kier alpha value is -2.57. The zero-order valence-electron chi connectivity index (χ0n) is 9.41. The molecule has 1 heterocycles. The molecule has 6 nitrogen and oxygen atoms in total. The summed E-state index contributed by atoms with van der Waals surface area (Å²) in [4.78, 5) is 11.2. The monoisotopic (exact) mass is 248 g/mol. The highest BCUT2D eigenvalue weighted by atomic mass is 19.1. The number of carbonyl (C=O) groups is 1. The summed E-state index contributed by atoms with van der Waals surface area (Å²) in [7, 11) is 1.54. The third kappa shape index (κ3) is 2.40. The smallest absolute Gasteiger partial charge is 0.339 e. The van der Waals surface area contributed by atoms with E-state index in [2.05, 4.69) is 15.5 Å². The molecular weight excluding hydrogens is 239 g/mol. The van der Waals surface area contributed by atoms with Crippen LogP contribution >= 0.6 is 0 Å². The Morgan fingerprint density at radius 1 is 1.39 bits per heavy atom. The number of aliphatic carboxylic acids is 1. The van der Waals surface area contributed by atoms with Gasteiger partial charge in [0.2, 0.25) is 0 Å². The van der Waals surface area contributed by atoms with Crippen LogP contribution in [0.2, 0.25) is 0 Å². The van der Waals surface area contributed by atoms with Gasteiger partial charge in [-0.1, -0.05) is 12.1 Å². The van der Waals surface area contributed by atoms with E-state index in [0.29, 0.717) is 5.56 Å². The van der Waals surface area contributed by atoms with Crippen molar-refractivity contribution in [2.75, 3.05) is 0 Å². The van der Waals surface area contributed by atoms with E-state index in [1.807, 2.05) is 0 Å². The second kappa shape index (κ2) is 4.74. The molecule has 1 aromatic heterocycles. The normalized spacial score (nSPS) is 11.6. The quantitative estimate of drug-likeness (QED) is 0.819. The van der Waals surface area contributed by atoms with Gasteiger partial charge in [0.15, 0.2) is 5.82 Å². The van der Waals surface area contributed by atoms with E-state index >= 15 is 0 Å². The predicted octanol–water partition coefficient (Wildman–Crippen LogP) is 0.974. The number of rotatable bonds is 3. The van der Waals surface area contributed by atoms with Crippen LogP contribution in [-0.4, -0.2) is 31.3 Å². The van der Waals surface area contributed by atoms with Crippen molar-refractivity contribution in [1.82, 2.24) is 20.2 Å². The highest BCUT2D eigenvalue weighted by Gasteiger charge is 2.16. The van der Waals surface area contributed by atoms with Crippen molar-refractivity contribution >= 4 is 17.6 Å². The largest absolute Gasteiger partial charge is 0.478 e. The molecule has 0 saturated carbocycles. The van der Waals surface area contributed by atoms with E-state index in [1.54, 1.807) is 0 Å². The molecule has 0 unspecified atom stereocenters. The van der Waals surface area contributed by atoms with E-state index in [9.17, 15) is 9.18 Å². The van der Waals surface area contributed by atoms with Gasteiger partial charge in [0.1, 0.15) is 11.4 Å². The third-order valence-electron chi connectivity index (χ3n) is 2.27. The molecule has 0 aliphatic rings. The highest BCUT2D eigenvalue weighted by Crippen LogP contribution is 2.15. The first-order chi connectivity index (χ1) is 8.58. The van der Waals surface area contributed by atoms with Crippen LogP contribution in [0.3, 0.4) is 0 Å². The highest BCUT2D eigenvalue weighted by molar-refractivity contribution is 6.19. The van der Waals surface area contributed by atoms with Crippen molar-refractivity contribution < 1.29 is 14.3 Å². The van der Waals surface area contributed by atoms with Crippen LogP contribution in [0.15, 0.2) is 24.3 Å². The topological polar surface area (TPSA) is 80.9 Å². The number of aromatic nitrogens is 4. The molecule has 7 heteroatoms. The second-order valence-corrected chi connectivity index (χ2v) is 3.54. The summed E-state index contributed by atoms with van der Waals surface area (Å²) < 4.78 is 14.0. The van der Waals surface area contributed by atoms with Crippen LogP contribution in [0, 0.1) is 5.82 Å². The molecule has 2 aromatic rings. The molecule has 0 radical (unpaired) electrons. The predicted molar refractivity (Wildman–Crippen MR) is 60.7 cm³/mol. The minimum atomic E-state index is -1.16. The molecule has 0 aliphatic heterocycles. The van der Waals surface area contributed by atoms with E-state index in [4.69, 9.17) is 5.11 Å². The summed E-state index contributed by atoms with van der Waals surface area (Å²) in [6.45, 7) is 0. The summed E-state index contributed by atoms with van der Waals surface area (Å²) in [5.41, 5.74) is 0.492. The summed E-state index contributed by atoms with van der Waals surface area (Å²) in [5.74, 6) is -1.41. The molecule has 1 N–H and O–H groups in total. The van der Waals surface area contributed by atoms with Gasteiger partial charge in [0.05, 0.1) is 0 Å². The fourth-order valence-electron chi connectivity index (χ4n) is 1.41. The van der Waals surface area contributed by atoms with Crippen LogP contribution in [0.1, 0.15) is 11.4 Å². The van der Waals surface area contributed by atoms with Crippen LogP contribution in [0.4, 0.5) is 4.39 Å². The lowest BCUT2D eigenvalue weighted by molar-refractivity contribution is -0.130. The van der Waals surface area contributed by atoms with E-state index in [-0.39, 0.29) is 17.2 Å². The second-order valence-electron chi connectivity index (χ2n) is 3.54. The van der Waals surface area contributed by atoms with Gasteiger partial charge in [-0.3, -0.25) is 0 Å². The number of carboxylic acid groups (broad SMARTS) is 1. The molecule has 18 heavy (non-hydrogen) atoms. The van der Waals surface area contributed by atoms with Crippen molar-refractivity contribution in [3.63, 3.8) is 0 Å². The van der Waals surface area contributed by atoms with Gasteiger partial charge in [0.25, 0.3) is 0 Å². The molecule has 0 amide bonds. The molecular formula is C11H9FN4O2. The Labute approximate surface area is 101 Å². The average molecular weight is 248 g/mol. The number of tetrazole rings is 1. The fraction of sp³-hybridized carbons (Fsp3) is 0.0909. The average Bonchev–Trinajstić information content (AvgIpc) is 2.74. The molecule has 0 fully saturated rings. The van der Waals surface area contributed by atoms with Crippen molar-refractivity contribution in [3.8, 4) is 0 Å². The first-order valence-corrected chi connectivity index (χ1v) is 5.01. The lowest BCUT2D eigenvalue weighted by atomic mass is 10.1. The van der Waals surface area contributed by atoms with E-state index in [1.165, 1.54) is 42.1 Å². The number of hydrogen-bond donors (Lipinski definition) is 1. The Morgan fingerprint density at radius 3 is 2.56 bits per heavy atom. The number of nitrogens with zero attached hydrogens (tertiary/aromatic N) is 4. The third-order valence-corrected chi connectivity index (χ3v) is 2.27. The molecule has 1 aromatic carbocycles. The first kappa shape index (κ1) is 11.9. The van der Waals surface area contributed by atoms with Gasteiger partial charge in [-0.25, -0.2) is 13.9 Å². The van der Waals surface area contributed by atoms with Gasteiger partial charge in [-0.2, -0.15) is 0 Å². The standard InChI is InChI=1S/C11H9FN4O2/c1-16-10(13-14-15-16)9(11(17)18)6-7-2-4-8(12)5-3-7/h2-6H,1H3,(H,17,18). The van der Waals surface area contributed by atoms with Crippen LogP contribution in [0.25, 0.3) is 11.6 Å². The SMILES string of the molecule is Cn1nnnc1C(=Cc1ccc(F)cc1)C(=O)O. The van der Waals surface area contributed by atoms with Gasteiger partial charge in [-0.05, 0) is 34.2 Å². The molecule has 0 spiro atoms. The number of benzene rings is 1. The van der Waals surface area contributed by atoms with Crippen molar-refractivity contribution in [2.45, 2.75) is 0 Å². The van der Waals surface area contributed by atoms with Gasteiger partial charge in [0, 0.05) is 7.05 Å². The molecule has 0 saturated heterocycles. The van der Waals surface area contributed by atoms with Crippen LogP contribution in [0.5, 0.6) is 0 Å². The van der Waals surface area contributed by atoms with E-state index < -0.39 is 5.97 Å². The zero-order chi connectivity index (χ0) is 13.1. The van der Waals surface area contributed by atoms with Crippen molar-refractivity contribution in [1.29, 1.82) is 0 Å². The van der Waals surface area contributed by atoms with Crippen molar-refractivity contribution in [2.24, 2.45) is 7.05 Å². The summed E-state index contributed by atoms with van der Waals surface area (Å²) in [5, 5.41) is 19.7. The summed E-state index contributed by atoms with van der Waals surface area (Å²) in [6.07, 6.45) is 1.38. The summed E-state index contributed by atoms with van der Waals surface area (Å²) in [6, 6.07) is 5.45. The zero-order valence-corrected chi connectivity index (χ0v) is 9.41. The van der Waals surface area contributed by atoms with Gasteiger partial charge >= 0.3 is 5.97 Å². The van der Waals surface area contributed by atoms with E-state index in [0.717, 1.165) is 0 Å². The Morgan fingerprint density at radius 2 is 2.06 bits per heavy atom. The lowest BCUT2D eigenvalue weighted by Gasteiger charge is -2.00. The Bertz CT molecular complexity index is 604. The maximum Gasteiger partial charge on any atom is 0.339 e. The van der Waals surface area contributed by atoms with Crippen LogP contribution < -0.4 is 0 Å². The number of hydrogen-bond acceptors (Lipinski definition) is 4. The lowest BCUT2D eigenvalue weighted by Crippen LogP contribution is -2.06. The maximum atomic E-state index is 12.7. The maximum absolute atomic E-state index is 12.7. The first-order valence-electron chi connectivity index (χ1n) is 5.01.